The van der Waals surface area contributed by atoms with Crippen molar-refractivity contribution in [1.29, 1.82) is 0 Å². The Morgan fingerprint density at radius 2 is 1.86 bits per heavy atom. The fourth-order valence-electron chi connectivity index (χ4n) is 2.11. The summed E-state index contributed by atoms with van der Waals surface area (Å²) in [5.41, 5.74) is 2.21. The molecule has 0 aliphatic heterocycles. The van der Waals surface area contributed by atoms with Gasteiger partial charge in [0, 0.05) is 12.7 Å². The SMILES string of the molecule is CCc1ccc(N(C)C(=O)c2cccc(OC)c2O)cc1. The second-order valence-corrected chi connectivity index (χ2v) is 4.74. The fraction of sp³-hybridized carbons (Fsp3) is 0.235. The Labute approximate surface area is 124 Å². The van der Waals surface area contributed by atoms with Gasteiger partial charge in [-0.05, 0) is 36.2 Å². The summed E-state index contributed by atoms with van der Waals surface area (Å²) in [6.07, 6.45) is 0.953. The highest BCUT2D eigenvalue weighted by Gasteiger charge is 2.19. The predicted octanol–water partition coefficient (Wildman–Crippen LogP) is 3.24. The van der Waals surface area contributed by atoms with Gasteiger partial charge in [-0.15, -0.1) is 0 Å². The van der Waals surface area contributed by atoms with Crippen molar-refractivity contribution in [3.05, 3.63) is 53.6 Å². The van der Waals surface area contributed by atoms with E-state index in [1.54, 1.807) is 25.2 Å². The number of aromatic hydroxyl groups is 1. The maximum atomic E-state index is 12.5. The van der Waals surface area contributed by atoms with Gasteiger partial charge in [0.1, 0.15) is 0 Å². The number of phenolic OH excluding ortho intramolecular Hbond substituents is 1. The van der Waals surface area contributed by atoms with Crippen LogP contribution in [0.3, 0.4) is 0 Å². The van der Waals surface area contributed by atoms with E-state index in [2.05, 4.69) is 6.92 Å². The van der Waals surface area contributed by atoms with Crippen LogP contribution in [0, 0.1) is 0 Å². The van der Waals surface area contributed by atoms with Crippen molar-refractivity contribution in [3.8, 4) is 11.5 Å². The Hall–Kier alpha value is -2.49. The molecule has 4 nitrogen and oxygen atoms in total. The summed E-state index contributed by atoms with van der Waals surface area (Å²) in [5.74, 6) is -0.131. The van der Waals surface area contributed by atoms with Gasteiger partial charge in [0.15, 0.2) is 11.5 Å². The molecular formula is C17H19NO3. The van der Waals surface area contributed by atoms with Gasteiger partial charge in [-0.2, -0.15) is 0 Å². The van der Waals surface area contributed by atoms with E-state index in [1.165, 1.54) is 17.6 Å². The Balaban J connectivity index is 2.30. The molecular weight excluding hydrogens is 266 g/mol. The number of methoxy groups -OCH3 is 1. The maximum absolute atomic E-state index is 12.5. The van der Waals surface area contributed by atoms with Gasteiger partial charge in [0.2, 0.25) is 0 Å². The third-order valence-corrected chi connectivity index (χ3v) is 3.49. The van der Waals surface area contributed by atoms with E-state index in [0.717, 1.165) is 12.1 Å². The molecule has 0 saturated carbocycles. The highest BCUT2D eigenvalue weighted by atomic mass is 16.5. The first kappa shape index (κ1) is 14.9. The molecule has 1 N–H and O–H groups in total. The number of hydrogen-bond donors (Lipinski definition) is 1. The summed E-state index contributed by atoms with van der Waals surface area (Å²) in [4.78, 5) is 14.0. The molecule has 21 heavy (non-hydrogen) atoms. The monoisotopic (exact) mass is 285 g/mol. The molecule has 0 unspecified atom stereocenters. The largest absolute Gasteiger partial charge is 0.504 e. The maximum Gasteiger partial charge on any atom is 0.261 e. The number of carbonyl (C=O) groups excluding carboxylic acids is 1. The zero-order valence-electron chi connectivity index (χ0n) is 12.5. The number of nitrogens with zero attached hydrogens (tertiary/aromatic N) is 1. The van der Waals surface area contributed by atoms with Crippen LogP contribution in [0.4, 0.5) is 5.69 Å². The lowest BCUT2D eigenvalue weighted by molar-refractivity contribution is 0.0990. The molecule has 2 aromatic rings. The molecule has 0 radical (unpaired) electrons. The van der Waals surface area contributed by atoms with Gasteiger partial charge in [-0.1, -0.05) is 25.1 Å². The van der Waals surface area contributed by atoms with Gasteiger partial charge >= 0.3 is 0 Å². The van der Waals surface area contributed by atoms with Crippen molar-refractivity contribution in [2.75, 3.05) is 19.1 Å². The van der Waals surface area contributed by atoms with Gasteiger partial charge < -0.3 is 14.7 Å². The molecule has 0 heterocycles. The van der Waals surface area contributed by atoms with Crippen molar-refractivity contribution in [1.82, 2.24) is 0 Å². The number of benzene rings is 2. The van der Waals surface area contributed by atoms with E-state index >= 15 is 0 Å². The topological polar surface area (TPSA) is 49.8 Å². The molecule has 0 fully saturated rings. The minimum atomic E-state index is -0.282. The van der Waals surface area contributed by atoms with Gasteiger partial charge in [-0.3, -0.25) is 4.79 Å². The second-order valence-electron chi connectivity index (χ2n) is 4.74. The molecule has 0 aromatic heterocycles. The quantitative estimate of drug-likeness (QED) is 0.938. The predicted molar refractivity (Wildman–Crippen MR) is 83.2 cm³/mol. The summed E-state index contributed by atoms with van der Waals surface area (Å²) in [6.45, 7) is 2.08. The number of aryl methyl sites for hydroxylation is 1. The van der Waals surface area contributed by atoms with Crippen LogP contribution >= 0.6 is 0 Å². The van der Waals surface area contributed by atoms with Crippen LogP contribution in [0.1, 0.15) is 22.8 Å². The van der Waals surface area contributed by atoms with Crippen molar-refractivity contribution in [2.24, 2.45) is 0 Å². The van der Waals surface area contributed by atoms with Crippen LogP contribution in [-0.2, 0) is 6.42 Å². The highest BCUT2D eigenvalue weighted by molar-refractivity contribution is 6.07. The molecule has 0 saturated heterocycles. The van der Waals surface area contributed by atoms with E-state index in [0.29, 0.717) is 0 Å². The second kappa shape index (κ2) is 6.31. The zero-order chi connectivity index (χ0) is 15.4. The first-order valence-corrected chi connectivity index (χ1v) is 6.81. The molecule has 0 spiro atoms. The lowest BCUT2D eigenvalue weighted by Crippen LogP contribution is -2.26. The fourth-order valence-corrected chi connectivity index (χ4v) is 2.11. The molecule has 0 bridgehead atoms. The Bertz CT molecular complexity index is 635. The van der Waals surface area contributed by atoms with E-state index in [-0.39, 0.29) is 23.0 Å². The zero-order valence-corrected chi connectivity index (χ0v) is 12.5. The molecule has 1 amide bonds. The summed E-state index contributed by atoms with van der Waals surface area (Å²) in [5, 5.41) is 10.1. The number of rotatable bonds is 4. The average Bonchev–Trinajstić information content (AvgIpc) is 2.54. The molecule has 0 aliphatic rings. The highest BCUT2D eigenvalue weighted by Crippen LogP contribution is 2.31. The number of carbonyl (C=O) groups is 1. The number of ether oxygens (including phenoxy) is 1. The van der Waals surface area contributed by atoms with Gasteiger partial charge in [0.25, 0.3) is 5.91 Å². The van der Waals surface area contributed by atoms with Gasteiger partial charge in [0.05, 0.1) is 12.7 Å². The van der Waals surface area contributed by atoms with Crippen LogP contribution < -0.4 is 9.64 Å². The van der Waals surface area contributed by atoms with Crippen LogP contribution in [0.5, 0.6) is 11.5 Å². The summed E-state index contributed by atoms with van der Waals surface area (Å²) in [6, 6.07) is 12.6. The third kappa shape index (κ3) is 2.99. The lowest BCUT2D eigenvalue weighted by Gasteiger charge is -2.19. The summed E-state index contributed by atoms with van der Waals surface area (Å²) >= 11 is 0. The van der Waals surface area contributed by atoms with Crippen LogP contribution in [0.15, 0.2) is 42.5 Å². The Morgan fingerprint density at radius 3 is 2.43 bits per heavy atom. The van der Waals surface area contributed by atoms with Crippen LogP contribution in [0.2, 0.25) is 0 Å². The van der Waals surface area contributed by atoms with Crippen molar-refractivity contribution in [3.63, 3.8) is 0 Å². The summed E-state index contributed by atoms with van der Waals surface area (Å²) in [7, 11) is 3.14. The van der Waals surface area contributed by atoms with E-state index in [4.69, 9.17) is 4.74 Å². The Morgan fingerprint density at radius 1 is 1.19 bits per heavy atom. The van der Waals surface area contributed by atoms with Crippen molar-refractivity contribution in [2.45, 2.75) is 13.3 Å². The molecule has 110 valence electrons. The number of phenols is 1. The minimum Gasteiger partial charge on any atom is -0.504 e. The molecule has 2 rings (SSSR count). The van der Waals surface area contributed by atoms with Crippen molar-refractivity contribution < 1.29 is 14.6 Å². The first-order valence-electron chi connectivity index (χ1n) is 6.81. The number of anilines is 1. The molecule has 0 aliphatic carbocycles. The van der Waals surface area contributed by atoms with E-state index < -0.39 is 0 Å². The summed E-state index contributed by atoms with van der Waals surface area (Å²) < 4.78 is 5.03. The van der Waals surface area contributed by atoms with E-state index in [1.807, 2.05) is 24.3 Å². The van der Waals surface area contributed by atoms with Gasteiger partial charge in [-0.25, -0.2) is 0 Å². The molecule has 0 atom stereocenters. The number of hydrogen-bond acceptors (Lipinski definition) is 3. The lowest BCUT2D eigenvalue weighted by atomic mass is 10.1. The molecule has 2 aromatic carbocycles. The first-order chi connectivity index (χ1) is 10.1. The minimum absolute atomic E-state index is 0.137. The molecule has 4 heteroatoms. The van der Waals surface area contributed by atoms with Crippen LogP contribution in [-0.4, -0.2) is 25.2 Å². The number of para-hydroxylation sites is 1. The third-order valence-electron chi connectivity index (χ3n) is 3.49. The average molecular weight is 285 g/mol. The Kier molecular flexibility index (Phi) is 4.48. The number of amides is 1. The standard InChI is InChI=1S/C17H19NO3/c1-4-12-8-10-13(11-9-12)18(2)17(20)14-6-5-7-15(21-3)16(14)19/h5-11,19H,4H2,1-3H3. The smallest absolute Gasteiger partial charge is 0.261 e. The van der Waals surface area contributed by atoms with Crippen LogP contribution in [0.25, 0.3) is 0 Å². The van der Waals surface area contributed by atoms with E-state index in [9.17, 15) is 9.90 Å². The van der Waals surface area contributed by atoms with Crippen molar-refractivity contribution >= 4 is 11.6 Å². The normalized spacial score (nSPS) is 10.2.